The molecular weight excluding hydrogens is 361 g/mol. The van der Waals surface area contributed by atoms with Crippen LogP contribution in [0.5, 0.6) is 0 Å². The van der Waals surface area contributed by atoms with E-state index in [0.717, 1.165) is 6.07 Å². The van der Waals surface area contributed by atoms with Gasteiger partial charge in [-0.05, 0) is 11.6 Å². The maximum absolute atomic E-state index is 12.9. The molecule has 2 saturated heterocycles. The minimum atomic E-state index is -4.33. The van der Waals surface area contributed by atoms with Crippen molar-refractivity contribution in [1.82, 2.24) is 26.0 Å². The fraction of sp³-hybridized carbons (Fsp3) is 0.529. The van der Waals surface area contributed by atoms with Crippen LogP contribution in [0.3, 0.4) is 0 Å². The number of fused-ring (bicyclic) bond motifs is 1. The second-order valence-corrected chi connectivity index (χ2v) is 6.98. The summed E-state index contributed by atoms with van der Waals surface area (Å²) >= 11 is 0. The number of hydrogen-bond donors (Lipinski definition) is 3. The molecule has 1 aromatic rings. The lowest BCUT2D eigenvalue weighted by atomic mass is 10.1. The van der Waals surface area contributed by atoms with Gasteiger partial charge in [-0.2, -0.15) is 13.2 Å². The highest BCUT2D eigenvalue weighted by atomic mass is 19.4. The maximum Gasteiger partial charge on any atom is 0.416 e. The van der Waals surface area contributed by atoms with E-state index in [1.54, 1.807) is 6.07 Å². The van der Waals surface area contributed by atoms with Crippen molar-refractivity contribution in [2.75, 3.05) is 32.7 Å². The fourth-order valence-corrected chi connectivity index (χ4v) is 3.59. The van der Waals surface area contributed by atoms with Crippen LogP contribution in [0.25, 0.3) is 0 Å². The third-order valence-electron chi connectivity index (χ3n) is 5.12. The molecule has 4 rings (SSSR count). The molecule has 0 saturated carbocycles. The topological polar surface area (TPSA) is 72.0 Å². The van der Waals surface area contributed by atoms with Crippen molar-refractivity contribution >= 4 is 11.9 Å². The van der Waals surface area contributed by atoms with Crippen LogP contribution in [0, 0.1) is 5.92 Å². The number of alkyl halides is 3. The summed E-state index contributed by atoms with van der Waals surface area (Å²) in [6.07, 6.45) is -4.58. The number of carbonyl (C=O) groups is 1. The van der Waals surface area contributed by atoms with Gasteiger partial charge in [-0.1, -0.05) is 18.2 Å². The minimum absolute atomic E-state index is 0.0473. The Morgan fingerprint density at radius 1 is 1.19 bits per heavy atom. The first-order valence-corrected chi connectivity index (χ1v) is 8.91. The number of benzene rings is 1. The SMILES string of the molecule is O=C1NC(N2CCN(Cc3cccc(C(F)(F)F)c3)CC2)=NC2NNCC12. The van der Waals surface area contributed by atoms with E-state index in [4.69, 9.17) is 0 Å². The van der Waals surface area contributed by atoms with Gasteiger partial charge in [-0.3, -0.25) is 20.4 Å². The lowest BCUT2D eigenvalue weighted by molar-refractivity contribution is -0.137. The number of amides is 1. The van der Waals surface area contributed by atoms with Crippen LogP contribution in [0.2, 0.25) is 0 Å². The molecule has 3 N–H and O–H groups in total. The van der Waals surface area contributed by atoms with Gasteiger partial charge in [0.25, 0.3) is 0 Å². The summed E-state index contributed by atoms with van der Waals surface area (Å²) < 4.78 is 38.6. The molecule has 0 bridgehead atoms. The Balaban J connectivity index is 1.35. The Kier molecular flexibility index (Phi) is 4.79. The Morgan fingerprint density at radius 3 is 2.70 bits per heavy atom. The Bertz CT molecular complexity index is 744. The molecule has 3 aliphatic rings. The lowest BCUT2D eigenvalue weighted by Gasteiger charge is -2.38. The average molecular weight is 382 g/mol. The summed E-state index contributed by atoms with van der Waals surface area (Å²) in [7, 11) is 0. The van der Waals surface area contributed by atoms with Crippen molar-refractivity contribution in [2.45, 2.75) is 18.9 Å². The van der Waals surface area contributed by atoms with Crippen LogP contribution in [0.1, 0.15) is 11.1 Å². The van der Waals surface area contributed by atoms with E-state index in [0.29, 0.717) is 50.8 Å². The third-order valence-corrected chi connectivity index (χ3v) is 5.12. The fourth-order valence-electron chi connectivity index (χ4n) is 3.59. The van der Waals surface area contributed by atoms with E-state index >= 15 is 0 Å². The molecule has 2 unspecified atom stereocenters. The Hall–Kier alpha value is -2.17. The zero-order valence-electron chi connectivity index (χ0n) is 14.6. The van der Waals surface area contributed by atoms with Crippen molar-refractivity contribution < 1.29 is 18.0 Å². The molecule has 0 spiro atoms. The number of nitrogens with zero attached hydrogens (tertiary/aromatic N) is 3. The van der Waals surface area contributed by atoms with Gasteiger partial charge in [-0.15, -0.1) is 0 Å². The van der Waals surface area contributed by atoms with Crippen molar-refractivity contribution in [3.05, 3.63) is 35.4 Å². The van der Waals surface area contributed by atoms with E-state index in [2.05, 4.69) is 26.1 Å². The van der Waals surface area contributed by atoms with E-state index in [1.807, 2.05) is 4.90 Å². The quantitative estimate of drug-likeness (QED) is 0.689. The predicted molar refractivity (Wildman–Crippen MR) is 92.3 cm³/mol. The standard InChI is InChI=1S/C17H21F3N6O/c18-17(19,20)12-3-1-2-11(8-12)10-25-4-6-26(7-5-25)16-22-14-13(9-21-24-14)15(27)23-16/h1-3,8,13-14,21,24H,4-7,9-10H2,(H,22,23,27). The van der Waals surface area contributed by atoms with Crippen LogP contribution < -0.4 is 16.2 Å². The summed E-state index contributed by atoms with van der Waals surface area (Å²) in [4.78, 5) is 20.8. The molecule has 146 valence electrons. The molecular formula is C17H21F3N6O. The van der Waals surface area contributed by atoms with Crippen LogP contribution in [-0.2, 0) is 17.5 Å². The van der Waals surface area contributed by atoms with Gasteiger partial charge in [0.2, 0.25) is 11.9 Å². The van der Waals surface area contributed by atoms with Crippen LogP contribution >= 0.6 is 0 Å². The number of piperazine rings is 1. The highest BCUT2D eigenvalue weighted by molar-refractivity contribution is 6.00. The van der Waals surface area contributed by atoms with Crippen LogP contribution in [-0.4, -0.2) is 60.6 Å². The van der Waals surface area contributed by atoms with Crippen molar-refractivity contribution in [1.29, 1.82) is 0 Å². The first-order valence-electron chi connectivity index (χ1n) is 8.91. The second-order valence-electron chi connectivity index (χ2n) is 6.98. The molecule has 0 radical (unpaired) electrons. The molecule has 2 fully saturated rings. The highest BCUT2D eigenvalue weighted by Gasteiger charge is 2.38. The second kappa shape index (κ2) is 7.10. The van der Waals surface area contributed by atoms with E-state index in [9.17, 15) is 18.0 Å². The van der Waals surface area contributed by atoms with Crippen LogP contribution in [0.15, 0.2) is 29.3 Å². The number of guanidine groups is 1. The van der Waals surface area contributed by atoms with Crippen LogP contribution in [0.4, 0.5) is 13.2 Å². The van der Waals surface area contributed by atoms with Gasteiger partial charge in [0.1, 0.15) is 6.17 Å². The number of nitrogens with one attached hydrogen (secondary N) is 3. The summed E-state index contributed by atoms with van der Waals surface area (Å²) in [5.74, 6) is 0.320. The lowest BCUT2D eigenvalue weighted by Crippen LogP contribution is -2.57. The van der Waals surface area contributed by atoms with Gasteiger partial charge in [0.15, 0.2) is 0 Å². The molecule has 3 aliphatic heterocycles. The minimum Gasteiger partial charge on any atom is -0.340 e. The molecule has 0 aliphatic carbocycles. The Morgan fingerprint density at radius 2 is 1.96 bits per heavy atom. The van der Waals surface area contributed by atoms with Gasteiger partial charge in [0, 0.05) is 39.3 Å². The number of hydrazine groups is 1. The number of halogens is 3. The highest BCUT2D eigenvalue weighted by Crippen LogP contribution is 2.29. The van der Waals surface area contributed by atoms with E-state index < -0.39 is 11.7 Å². The molecule has 7 nitrogen and oxygen atoms in total. The third kappa shape index (κ3) is 3.92. The molecule has 27 heavy (non-hydrogen) atoms. The monoisotopic (exact) mass is 382 g/mol. The summed E-state index contributed by atoms with van der Waals surface area (Å²) in [5.41, 5.74) is 5.96. The number of hydrogen-bond acceptors (Lipinski definition) is 6. The van der Waals surface area contributed by atoms with E-state index in [-0.39, 0.29) is 18.0 Å². The van der Waals surface area contributed by atoms with Crippen molar-refractivity contribution in [2.24, 2.45) is 10.9 Å². The van der Waals surface area contributed by atoms with E-state index in [1.165, 1.54) is 12.1 Å². The van der Waals surface area contributed by atoms with Gasteiger partial charge in [0.05, 0.1) is 11.5 Å². The van der Waals surface area contributed by atoms with Crippen molar-refractivity contribution in [3.8, 4) is 0 Å². The normalized spacial score (nSPS) is 26.6. The number of aliphatic imine (C=N–C) groups is 1. The number of rotatable bonds is 2. The summed E-state index contributed by atoms with van der Waals surface area (Å²) in [5, 5.41) is 2.86. The molecule has 10 heteroatoms. The number of carbonyl (C=O) groups excluding carboxylic acids is 1. The van der Waals surface area contributed by atoms with Crippen molar-refractivity contribution in [3.63, 3.8) is 0 Å². The molecule has 0 aromatic heterocycles. The molecule has 1 amide bonds. The molecule has 2 atom stereocenters. The smallest absolute Gasteiger partial charge is 0.340 e. The van der Waals surface area contributed by atoms with Gasteiger partial charge >= 0.3 is 6.18 Å². The first-order chi connectivity index (χ1) is 12.9. The van der Waals surface area contributed by atoms with Gasteiger partial charge < -0.3 is 4.90 Å². The largest absolute Gasteiger partial charge is 0.416 e. The Labute approximate surface area is 154 Å². The molecule has 3 heterocycles. The predicted octanol–water partition coefficient (Wildman–Crippen LogP) is 0.359. The van der Waals surface area contributed by atoms with Gasteiger partial charge in [-0.25, -0.2) is 10.4 Å². The first kappa shape index (κ1) is 18.2. The average Bonchev–Trinajstić information content (AvgIpc) is 3.11. The summed E-state index contributed by atoms with van der Waals surface area (Å²) in [6.45, 7) is 3.70. The zero-order chi connectivity index (χ0) is 19.0. The molecule has 1 aromatic carbocycles. The maximum atomic E-state index is 12.9. The zero-order valence-corrected chi connectivity index (χ0v) is 14.6. The summed E-state index contributed by atoms with van der Waals surface area (Å²) in [6, 6.07) is 5.45.